The molecular formula is C18H19IN2O2. The predicted octanol–water partition coefficient (Wildman–Crippen LogP) is 4.10. The summed E-state index contributed by atoms with van der Waals surface area (Å²) in [6.45, 7) is 7.72. The first-order valence-corrected chi connectivity index (χ1v) is 8.32. The van der Waals surface area contributed by atoms with Crippen LogP contribution in [0.1, 0.15) is 22.3 Å². The summed E-state index contributed by atoms with van der Waals surface area (Å²) < 4.78 is 1.08. The quantitative estimate of drug-likeness (QED) is 0.566. The molecule has 5 heteroatoms. The van der Waals surface area contributed by atoms with Crippen molar-refractivity contribution in [1.29, 1.82) is 0 Å². The van der Waals surface area contributed by atoms with Crippen LogP contribution in [0.15, 0.2) is 30.3 Å². The topological polar surface area (TPSA) is 58.2 Å². The van der Waals surface area contributed by atoms with Crippen LogP contribution in [0.3, 0.4) is 0 Å². The number of halogens is 1. The first kappa shape index (κ1) is 17.5. The second kappa shape index (κ2) is 7.12. The minimum atomic E-state index is -0.673. The number of aryl methyl sites for hydroxylation is 4. The maximum absolute atomic E-state index is 12.2. The Kier molecular flexibility index (Phi) is 5.41. The molecule has 120 valence electrons. The second-order valence-corrected chi connectivity index (χ2v) is 6.89. The molecule has 2 rings (SSSR count). The summed E-state index contributed by atoms with van der Waals surface area (Å²) in [4.78, 5) is 24.3. The van der Waals surface area contributed by atoms with E-state index in [-0.39, 0.29) is 0 Å². The second-order valence-electron chi connectivity index (χ2n) is 5.64. The Labute approximate surface area is 149 Å². The monoisotopic (exact) mass is 422 g/mol. The van der Waals surface area contributed by atoms with Crippen molar-refractivity contribution in [3.63, 3.8) is 0 Å². The van der Waals surface area contributed by atoms with E-state index in [4.69, 9.17) is 0 Å². The van der Waals surface area contributed by atoms with Gasteiger partial charge >= 0.3 is 11.8 Å². The van der Waals surface area contributed by atoms with Gasteiger partial charge in [0.1, 0.15) is 0 Å². The van der Waals surface area contributed by atoms with Crippen molar-refractivity contribution in [3.05, 3.63) is 56.2 Å². The lowest BCUT2D eigenvalue weighted by Gasteiger charge is -2.13. The summed E-state index contributed by atoms with van der Waals surface area (Å²) in [5.41, 5.74) is 5.25. The molecule has 0 aromatic heterocycles. The summed E-state index contributed by atoms with van der Waals surface area (Å²) in [5, 5.41) is 5.36. The first-order valence-electron chi connectivity index (χ1n) is 7.24. The number of amides is 2. The summed E-state index contributed by atoms with van der Waals surface area (Å²) in [5.74, 6) is -1.34. The SMILES string of the molecule is Cc1cc(C)c(NC(=O)C(=O)Nc2ccc(I)cc2C)c(C)c1. The van der Waals surface area contributed by atoms with E-state index in [0.29, 0.717) is 11.4 Å². The molecule has 0 aliphatic heterocycles. The number of nitrogens with one attached hydrogen (secondary N) is 2. The molecule has 4 nitrogen and oxygen atoms in total. The van der Waals surface area contributed by atoms with Crippen molar-refractivity contribution in [3.8, 4) is 0 Å². The van der Waals surface area contributed by atoms with E-state index >= 15 is 0 Å². The van der Waals surface area contributed by atoms with Gasteiger partial charge in [-0.3, -0.25) is 9.59 Å². The number of anilines is 2. The van der Waals surface area contributed by atoms with Gasteiger partial charge in [0.15, 0.2) is 0 Å². The van der Waals surface area contributed by atoms with E-state index in [1.807, 2.05) is 52.0 Å². The zero-order chi connectivity index (χ0) is 17.1. The number of carbonyl (C=O) groups excluding carboxylic acids is 2. The normalized spacial score (nSPS) is 10.3. The molecule has 0 saturated heterocycles. The summed E-state index contributed by atoms with van der Waals surface area (Å²) in [7, 11) is 0. The lowest BCUT2D eigenvalue weighted by molar-refractivity contribution is -0.133. The Hall–Kier alpha value is -1.89. The van der Waals surface area contributed by atoms with Gasteiger partial charge in [0.25, 0.3) is 0 Å². The summed E-state index contributed by atoms with van der Waals surface area (Å²) in [6.07, 6.45) is 0. The Bertz CT molecular complexity index is 762. The predicted molar refractivity (Wildman–Crippen MR) is 102 cm³/mol. The van der Waals surface area contributed by atoms with Crippen LogP contribution < -0.4 is 10.6 Å². The Balaban J connectivity index is 2.13. The molecule has 0 radical (unpaired) electrons. The number of benzene rings is 2. The smallest absolute Gasteiger partial charge is 0.314 e. The van der Waals surface area contributed by atoms with Gasteiger partial charge in [-0.15, -0.1) is 0 Å². The molecule has 0 atom stereocenters. The van der Waals surface area contributed by atoms with Crippen LogP contribution in [0.5, 0.6) is 0 Å². The lowest BCUT2D eigenvalue weighted by Crippen LogP contribution is -2.30. The Morgan fingerprint density at radius 3 is 1.96 bits per heavy atom. The van der Waals surface area contributed by atoms with Crippen LogP contribution in [0.2, 0.25) is 0 Å². The van der Waals surface area contributed by atoms with Gasteiger partial charge in [-0.25, -0.2) is 0 Å². The molecule has 2 N–H and O–H groups in total. The highest BCUT2D eigenvalue weighted by molar-refractivity contribution is 14.1. The standard InChI is InChI=1S/C18H19IN2O2/c1-10-7-12(3)16(13(4)8-10)21-18(23)17(22)20-15-6-5-14(19)9-11(15)2/h5-9H,1-4H3,(H,20,22)(H,21,23). The molecule has 0 spiro atoms. The van der Waals surface area contributed by atoms with E-state index in [0.717, 1.165) is 25.8 Å². The van der Waals surface area contributed by atoms with E-state index in [1.54, 1.807) is 6.07 Å². The minimum Gasteiger partial charge on any atom is -0.318 e. The van der Waals surface area contributed by atoms with Crippen molar-refractivity contribution in [1.82, 2.24) is 0 Å². The average Bonchev–Trinajstić information content (AvgIpc) is 2.45. The third-order valence-electron chi connectivity index (χ3n) is 3.56. The number of hydrogen-bond acceptors (Lipinski definition) is 2. The van der Waals surface area contributed by atoms with E-state index in [2.05, 4.69) is 33.2 Å². The zero-order valence-corrected chi connectivity index (χ0v) is 15.7. The van der Waals surface area contributed by atoms with E-state index < -0.39 is 11.8 Å². The maximum Gasteiger partial charge on any atom is 0.314 e. The van der Waals surface area contributed by atoms with Crippen LogP contribution in [0, 0.1) is 31.3 Å². The zero-order valence-electron chi connectivity index (χ0n) is 13.6. The highest BCUT2D eigenvalue weighted by Crippen LogP contribution is 2.22. The van der Waals surface area contributed by atoms with E-state index in [9.17, 15) is 9.59 Å². The summed E-state index contributed by atoms with van der Waals surface area (Å²) >= 11 is 2.20. The van der Waals surface area contributed by atoms with Gasteiger partial charge in [0.2, 0.25) is 0 Å². The Morgan fingerprint density at radius 1 is 0.826 bits per heavy atom. The molecule has 0 saturated carbocycles. The largest absolute Gasteiger partial charge is 0.318 e. The first-order chi connectivity index (χ1) is 10.8. The minimum absolute atomic E-state index is 0.642. The van der Waals surface area contributed by atoms with Gasteiger partial charge in [-0.05, 0) is 85.2 Å². The number of hydrogen-bond donors (Lipinski definition) is 2. The molecular weight excluding hydrogens is 403 g/mol. The molecule has 0 heterocycles. The van der Waals surface area contributed by atoms with Crippen LogP contribution in [0.4, 0.5) is 11.4 Å². The van der Waals surface area contributed by atoms with Gasteiger partial charge in [-0.2, -0.15) is 0 Å². The Morgan fingerprint density at radius 2 is 1.39 bits per heavy atom. The van der Waals surface area contributed by atoms with Crippen LogP contribution in [-0.4, -0.2) is 11.8 Å². The molecule has 0 unspecified atom stereocenters. The van der Waals surface area contributed by atoms with Crippen LogP contribution >= 0.6 is 22.6 Å². The fourth-order valence-corrected chi connectivity index (χ4v) is 3.14. The van der Waals surface area contributed by atoms with E-state index in [1.165, 1.54) is 0 Å². The number of carbonyl (C=O) groups is 2. The van der Waals surface area contributed by atoms with Gasteiger partial charge in [0.05, 0.1) is 0 Å². The van der Waals surface area contributed by atoms with Gasteiger partial charge in [0, 0.05) is 14.9 Å². The molecule has 23 heavy (non-hydrogen) atoms. The lowest BCUT2D eigenvalue weighted by atomic mass is 10.1. The van der Waals surface area contributed by atoms with Gasteiger partial charge < -0.3 is 10.6 Å². The van der Waals surface area contributed by atoms with Crippen LogP contribution in [-0.2, 0) is 9.59 Å². The molecule has 0 aliphatic rings. The molecule has 0 bridgehead atoms. The van der Waals surface area contributed by atoms with Crippen LogP contribution in [0.25, 0.3) is 0 Å². The number of rotatable bonds is 2. The molecule has 2 amide bonds. The molecule has 2 aromatic rings. The fraction of sp³-hybridized carbons (Fsp3) is 0.222. The molecule has 0 aliphatic carbocycles. The van der Waals surface area contributed by atoms with Crippen molar-refractivity contribution >= 4 is 45.8 Å². The third-order valence-corrected chi connectivity index (χ3v) is 4.23. The van der Waals surface area contributed by atoms with Crippen molar-refractivity contribution in [2.75, 3.05) is 10.6 Å². The molecule has 0 fully saturated rings. The maximum atomic E-state index is 12.2. The van der Waals surface area contributed by atoms with Crippen molar-refractivity contribution < 1.29 is 9.59 Å². The highest BCUT2D eigenvalue weighted by atomic mass is 127. The third kappa shape index (κ3) is 4.31. The summed E-state index contributed by atoms with van der Waals surface area (Å²) in [6, 6.07) is 9.58. The van der Waals surface area contributed by atoms with Crippen molar-refractivity contribution in [2.24, 2.45) is 0 Å². The highest BCUT2D eigenvalue weighted by Gasteiger charge is 2.17. The fourth-order valence-electron chi connectivity index (χ4n) is 2.49. The van der Waals surface area contributed by atoms with Gasteiger partial charge in [-0.1, -0.05) is 17.7 Å². The van der Waals surface area contributed by atoms with Crippen molar-refractivity contribution in [2.45, 2.75) is 27.7 Å². The molecule has 2 aromatic carbocycles. The average molecular weight is 422 g/mol.